The molecule has 3 rings (SSSR count). The number of carbonyl (C=O) groups excluding carboxylic acids is 1. The normalized spacial score (nSPS) is 17.8. The van der Waals surface area contributed by atoms with Crippen LogP contribution < -0.4 is 0 Å². The Morgan fingerprint density at radius 3 is 2.50 bits per heavy atom. The Balaban J connectivity index is 1.73. The van der Waals surface area contributed by atoms with E-state index in [1.807, 2.05) is 53.1 Å². The number of rotatable bonds is 4. The van der Waals surface area contributed by atoms with Gasteiger partial charge in [0.1, 0.15) is 5.37 Å². The maximum atomic E-state index is 12.6. The van der Waals surface area contributed by atoms with Crippen molar-refractivity contribution in [3.8, 4) is 0 Å². The van der Waals surface area contributed by atoms with Crippen molar-refractivity contribution < 1.29 is 4.79 Å². The monoisotopic (exact) mass is 337 g/mol. The summed E-state index contributed by atoms with van der Waals surface area (Å²) in [6.45, 7) is 5.20. The predicted molar refractivity (Wildman–Crippen MR) is 103 cm³/mol. The number of nitrogens with zero attached hydrogens (tertiary/aromatic N) is 1. The van der Waals surface area contributed by atoms with Crippen LogP contribution in [0.4, 0.5) is 0 Å². The van der Waals surface area contributed by atoms with Crippen molar-refractivity contribution in [1.82, 2.24) is 4.90 Å². The molecule has 0 spiro atoms. The van der Waals surface area contributed by atoms with Gasteiger partial charge < -0.3 is 4.90 Å². The predicted octanol–water partition coefficient (Wildman–Crippen LogP) is 5.10. The molecule has 0 saturated carbocycles. The Kier molecular flexibility index (Phi) is 5.41. The minimum absolute atomic E-state index is 0.0850. The highest BCUT2D eigenvalue weighted by Crippen LogP contribution is 2.38. The molecular weight excluding hydrogens is 314 g/mol. The van der Waals surface area contributed by atoms with Gasteiger partial charge in [-0.2, -0.15) is 0 Å². The van der Waals surface area contributed by atoms with Crippen molar-refractivity contribution >= 4 is 23.7 Å². The Morgan fingerprint density at radius 2 is 1.83 bits per heavy atom. The van der Waals surface area contributed by atoms with Gasteiger partial charge in [-0.05, 0) is 28.7 Å². The molecule has 1 unspecified atom stereocenters. The molecule has 0 N–H and O–H groups in total. The molecule has 3 heteroatoms. The fraction of sp³-hybridized carbons (Fsp3) is 0.286. The van der Waals surface area contributed by atoms with E-state index >= 15 is 0 Å². The zero-order valence-corrected chi connectivity index (χ0v) is 15.0. The van der Waals surface area contributed by atoms with Crippen molar-refractivity contribution in [3.05, 3.63) is 77.4 Å². The lowest BCUT2D eigenvalue weighted by molar-refractivity contribution is -0.126. The van der Waals surface area contributed by atoms with Crippen LogP contribution in [-0.4, -0.2) is 23.1 Å². The Labute approximate surface area is 148 Å². The van der Waals surface area contributed by atoms with E-state index in [2.05, 4.69) is 38.1 Å². The molecule has 2 aromatic carbocycles. The van der Waals surface area contributed by atoms with Gasteiger partial charge in [0.25, 0.3) is 0 Å². The van der Waals surface area contributed by atoms with E-state index < -0.39 is 0 Å². The molecule has 0 aromatic heterocycles. The summed E-state index contributed by atoms with van der Waals surface area (Å²) in [5, 5.41) is 0.124. The van der Waals surface area contributed by atoms with E-state index in [9.17, 15) is 4.79 Å². The van der Waals surface area contributed by atoms with Crippen molar-refractivity contribution in [2.75, 3.05) is 12.3 Å². The van der Waals surface area contributed by atoms with E-state index in [4.69, 9.17) is 0 Å². The third-order valence-corrected chi connectivity index (χ3v) is 5.54. The topological polar surface area (TPSA) is 20.3 Å². The molecule has 0 bridgehead atoms. The van der Waals surface area contributed by atoms with Crippen LogP contribution in [0, 0.1) is 0 Å². The van der Waals surface area contributed by atoms with E-state index in [1.165, 1.54) is 11.1 Å². The molecule has 1 amide bonds. The lowest BCUT2D eigenvalue weighted by atomic mass is 10.0. The summed E-state index contributed by atoms with van der Waals surface area (Å²) in [7, 11) is 0. The summed E-state index contributed by atoms with van der Waals surface area (Å²) in [6.07, 6.45) is 3.58. The first-order valence-electron chi connectivity index (χ1n) is 8.40. The Morgan fingerprint density at radius 1 is 1.12 bits per heavy atom. The van der Waals surface area contributed by atoms with Crippen LogP contribution >= 0.6 is 11.8 Å². The maximum Gasteiger partial charge on any atom is 0.247 e. The first-order chi connectivity index (χ1) is 11.6. The fourth-order valence-corrected chi connectivity index (χ4v) is 4.11. The Hall–Kier alpha value is -2.00. The average Bonchev–Trinajstić information content (AvgIpc) is 3.10. The van der Waals surface area contributed by atoms with Gasteiger partial charge in [0.2, 0.25) is 5.91 Å². The summed E-state index contributed by atoms with van der Waals surface area (Å²) in [5.74, 6) is 1.60. The highest BCUT2D eigenvalue weighted by atomic mass is 32.2. The maximum absolute atomic E-state index is 12.6. The van der Waals surface area contributed by atoms with Gasteiger partial charge in [0.15, 0.2) is 0 Å². The van der Waals surface area contributed by atoms with Crippen LogP contribution in [0.1, 0.15) is 41.8 Å². The largest absolute Gasteiger partial charge is 0.322 e. The van der Waals surface area contributed by atoms with Crippen LogP contribution in [0.25, 0.3) is 6.08 Å². The lowest BCUT2D eigenvalue weighted by Crippen LogP contribution is -2.28. The summed E-state index contributed by atoms with van der Waals surface area (Å²) < 4.78 is 0. The first kappa shape index (κ1) is 16.8. The summed E-state index contributed by atoms with van der Waals surface area (Å²) in [4.78, 5) is 14.6. The number of hydrogen-bond donors (Lipinski definition) is 0. The third kappa shape index (κ3) is 3.90. The van der Waals surface area contributed by atoms with Gasteiger partial charge in [-0.15, -0.1) is 11.8 Å². The van der Waals surface area contributed by atoms with Gasteiger partial charge in [-0.1, -0.05) is 68.4 Å². The number of hydrogen-bond acceptors (Lipinski definition) is 2. The number of benzene rings is 2. The van der Waals surface area contributed by atoms with Crippen molar-refractivity contribution in [2.24, 2.45) is 0 Å². The SMILES string of the molecule is CC(C)c1ccc(C2SCCN2C(=O)C=Cc2ccccc2)cc1. The lowest BCUT2D eigenvalue weighted by Gasteiger charge is -2.23. The van der Waals surface area contributed by atoms with Gasteiger partial charge in [-0.3, -0.25) is 4.79 Å². The second kappa shape index (κ2) is 7.71. The molecule has 124 valence electrons. The number of amides is 1. The van der Waals surface area contributed by atoms with E-state index in [-0.39, 0.29) is 11.3 Å². The molecule has 2 nitrogen and oxygen atoms in total. The van der Waals surface area contributed by atoms with Crippen LogP contribution in [0.3, 0.4) is 0 Å². The fourth-order valence-electron chi connectivity index (χ4n) is 2.84. The van der Waals surface area contributed by atoms with Gasteiger partial charge in [0, 0.05) is 18.4 Å². The third-order valence-electron chi connectivity index (χ3n) is 4.28. The molecule has 0 radical (unpaired) electrons. The summed E-state index contributed by atoms with van der Waals surface area (Å²) >= 11 is 1.84. The molecule has 1 atom stereocenters. The number of thioether (sulfide) groups is 1. The zero-order valence-electron chi connectivity index (χ0n) is 14.2. The Bertz CT molecular complexity index is 706. The van der Waals surface area contributed by atoms with Crippen molar-refractivity contribution in [2.45, 2.75) is 25.1 Å². The first-order valence-corrected chi connectivity index (χ1v) is 9.45. The molecule has 2 aromatic rings. The quantitative estimate of drug-likeness (QED) is 0.724. The molecule has 1 saturated heterocycles. The average molecular weight is 337 g/mol. The molecule has 0 aliphatic carbocycles. The second-order valence-corrected chi connectivity index (χ2v) is 7.51. The van der Waals surface area contributed by atoms with Gasteiger partial charge in [0.05, 0.1) is 0 Å². The standard InChI is InChI=1S/C21H23NOS/c1-16(2)18-9-11-19(12-10-18)21-22(14-15-24-21)20(23)13-8-17-6-4-3-5-7-17/h3-13,16,21H,14-15H2,1-2H3. The zero-order chi connectivity index (χ0) is 16.9. The highest BCUT2D eigenvalue weighted by Gasteiger charge is 2.29. The van der Waals surface area contributed by atoms with Crippen molar-refractivity contribution in [1.29, 1.82) is 0 Å². The number of carbonyl (C=O) groups is 1. The van der Waals surface area contributed by atoms with E-state index in [0.29, 0.717) is 5.92 Å². The van der Waals surface area contributed by atoms with Gasteiger partial charge >= 0.3 is 0 Å². The molecular formula is C21H23NOS. The van der Waals surface area contributed by atoms with Gasteiger partial charge in [-0.25, -0.2) is 0 Å². The molecule has 1 aliphatic rings. The summed E-state index contributed by atoms with van der Waals surface area (Å²) in [6, 6.07) is 18.6. The van der Waals surface area contributed by atoms with Crippen molar-refractivity contribution in [3.63, 3.8) is 0 Å². The van der Waals surface area contributed by atoms with Crippen LogP contribution in [0.15, 0.2) is 60.7 Å². The highest BCUT2D eigenvalue weighted by molar-refractivity contribution is 7.99. The minimum Gasteiger partial charge on any atom is -0.322 e. The van der Waals surface area contributed by atoms with Crippen LogP contribution in [0.2, 0.25) is 0 Å². The van der Waals surface area contributed by atoms with Crippen LogP contribution in [-0.2, 0) is 4.79 Å². The molecule has 1 fully saturated rings. The smallest absolute Gasteiger partial charge is 0.247 e. The van der Waals surface area contributed by atoms with E-state index in [1.54, 1.807) is 6.08 Å². The minimum atomic E-state index is 0.0850. The summed E-state index contributed by atoms with van der Waals surface area (Å²) in [5.41, 5.74) is 3.60. The molecule has 1 heterocycles. The molecule has 1 aliphatic heterocycles. The van der Waals surface area contributed by atoms with E-state index in [0.717, 1.165) is 17.9 Å². The second-order valence-electron chi connectivity index (χ2n) is 6.32. The van der Waals surface area contributed by atoms with Crippen LogP contribution in [0.5, 0.6) is 0 Å². The molecule has 24 heavy (non-hydrogen) atoms.